The van der Waals surface area contributed by atoms with E-state index in [1.54, 1.807) is 24.3 Å². The van der Waals surface area contributed by atoms with Crippen LogP contribution in [-0.4, -0.2) is 76.7 Å². The van der Waals surface area contributed by atoms with Crippen molar-refractivity contribution >= 4 is 35.5 Å². The number of nitrogens with one attached hydrogen (secondary N) is 3. The van der Waals surface area contributed by atoms with E-state index in [1.807, 2.05) is 12.3 Å². The van der Waals surface area contributed by atoms with Gasteiger partial charge in [-0.25, -0.2) is 0 Å². The first-order chi connectivity index (χ1) is 14.7. The van der Waals surface area contributed by atoms with Crippen molar-refractivity contribution in [1.82, 2.24) is 16.0 Å². The molecule has 0 spiro atoms. The Labute approximate surface area is 185 Å². The molecular weight excluding hydrogens is 424 g/mol. The van der Waals surface area contributed by atoms with E-state index in [1.165, 1.54) is 18.7 Å². The van der Waals surface area contributed by atoms with Gasteiger partial charge in [0.05, 0.1) is 6.61 Å². The molecular formula is C20H30N4O6S. The Morgan fingerprint density at radius 3 is 2.13 bits per heavy atom. The second-order valence-corrected chi connectivity index (χ2v) is 7.94. The Kier molecular flexibility index (Phi) is 11.6. The summed E-state index contributed by atoms with van der Waals surface area (Å²) in [6.45, 7) is 0.744. The number of carboxylic acids is 1. The lowest BCUT2D eigenvalue weighted by molar-refractivity contribution is -0.141. The van der Waals surface area contributed by atoms with E-state index in [0.29, 0.717) is 5.75 Å². The van der Waals surface area contributed by atoms with E-state index in [9.17, 15) is 19.2 Å². The Morgan fingerprint density at radius 2 is 1.58 bits per heavy atom. The number of aliphatic hydroxyl groups excluding tert-OH is 1. The van der Waals surface area contributed by atoms with Crippen LogP contribution < -0.4 is 21.7 Å². The molecule has 0 saturated heterocycles. The van der Waals surface area contributed by atoms with Crippen molar-refractivity contribution in [2.24, 2.45) is 5.73 Å². The average Bonchev–Trinajstić information content (AvgIpc) is 2.75. The number of carbonyl (C=O) groups is 4. The summed E-state index contributed by atoms with van der Waals surface area (Å²) in [7, 11) is 0. The zero-order chi connectivity index (χ0) is 23.4. The molecule has 4 atom stereocenters. The normalized spacial score (nSPS) is 14.6. The maximum absolute atomic E-state index is 12.9. The molecule has 172 valence electrons. The van der Waals surface area contributed by atoms with Gasteiger partial charge in [-0.15, -0.1) is 0 Å². The van der Waals surface area contributed by atoms with Gasteiger partial charge in [-0.05, 0) is 30.9 Å². The molecule has 0 bridgehead atoms. The molecule has 0 radical (unpaired) electrons. The minimum atomic E-state index is -1.21. The quantitative estimate of drug-likeness (QED) is 0.217. The molecule has 1 rings (SSSR count). The molecule has 7 N–H and O–H groups in total. The molecule has 0 aliphatic rings. The first kappa shape index (κ1) is 26.4. The zero-order valence-corrected chi connectivity index (χ0v) is 18.4. The van der Waals surface area contributed by atoms with Gasteiger partial charge in [0, 0.05) is 6.42 Å². The first-order valence-corrected chi connectivity index (χ1v) is 11.1. The molecule has 3 amide bonds. The highest BCUT2D eigenvalue weighted by Crippen LogP contribution is 2.07. The lowest BCUT2D eigenvalue weighted by Gasteiger charge is -2.24. The summed E-state index contributed by atoms with van der Waals surface area (Å²) in [6, 6.07) is 4.58. The van der Waals surface area contributed by atoms with E-state index in [4.69, 9.17) is 15.9 Å². The van der Waals surface area contributed by atoms with Crippen molar-refractivity contribution in [1.29, 1.82) is 0 Å². The largest absolute Gasteiger partial charge is 0.480 e. The average molecular weight is 455 g/mol. The molecule has 0 saturated carbocycles. The van der Waals surface area contributed by atoms with Crippen molar-refractivity contribution in [2.75, 3.05) is 18.6 Å². The van der Waals surface area contributed by atoms with Gasteiger partial charge in [-0.2, -0.15) is 11.8 Å². The highest BCUT2D eigenvalue weighted by Gasteiger charge is 2.29. The molecule has 0 aliphatic heterocycles. The first-order valence-electron chi connectivity index (χ1n) is 9.72. The number of rotatable bonds is 13. The van der Waals surface area contributed by atoms with Crippen LogP contribution in [0.15, 0.2) is 30.3 Å². The molecule has 31 heavy (non-hydrogen) atoms. The van der Waals surface area contributed by atoms with Crippen LogP contribution in [-0.2, 0) is 25.6 Å². The van der Waals surface area contributed by atoms with Crippen LogP contribution in [0.25, 0.3) is 0 Å². The van der Waals surface area contributed by atoms with Crippen molar-refractivity contribution < 1.29 is 29.4 Å². The molecule has 0 aliphatic carbocycles. The number of thioether (sulfide) groups is 1. The Balaban J connectivity index is 3.00. The molecule has 0 aromatic heterocycles. The van der Waals surface area contributed by atoms with Gasteiger partial charge < -0.3 is 31.9 Å². The Hall–Kier alpha value is -2.63. The molecule has 0 heterocycles. The summed E-state index contributed by atoms with van der Waals surface area (Å²) in [5.41, 5.74) is 6.27. The van der Waals surface area contributed by atoms with Crippen LogP contribution in [0.5, 0.6) is 0 Å². The van der Waals surface area contributed by atoms with Crippen LogP contribution in [0.4, 0.5) is 0 Å². The van der Waals surface area contributed by atoms with E-state index in [0.717, 1.165) is 5.56 Å². The third kappa shape index (κ3) is 9.37. The highest BCUT2D eigenvalue weighted by molar-refractivity contribution is 7.98. The van der Waals surface area contributed by atoms with E-state index >= 15 is 0 Å². The lowest BCUT2D eigenvalue weighted by Crippen LogP contribution is -2.57. The summed E-state index contributed by atoms with van der Waals surface area (Å²) in [5.74, 6) is -2.60. The Bertz CT molecular complexity index is 748. The van der Waals surface area contributed by atoms with Crippen LogP contribution in [0, 0.1) is 0 Å². The van der Waals surface area contributed by atoms with Gasteiger partial charge in [0.1, 0.15) is 24.2 Å². The molecule has 1 aromatic carbocycles. The van der Waals surface area contributed by atoms with E-state index in [2.05, 4.69) is 16.0 Å². The number of carbonyl (C=O) groups excluding carboxylic acids is 3. The summed E-state index contributed by atoms with van der Waals surface area (Å²) in [4.78, 5) is 48.7. The smallest absolute Gasteiger partial charge is 0.325 e. The summed E-state index contributed by atoms with van der Waals surface area (Å²) < 4.78 is 0. The second kappa shape index (κ2) is 13.6. The fourth-order valence-electron chi connectivity index (χ4n) is 2.57. The summed E-state index contributed by atoms with van der Waals surface area (Å²) >= 11 is 1.47. The number of aliphatic hydroxyl groups is 1. The second-order valence-electron chi connectivity index (χ2n) is 6.95. The third-order valence-corrected chi connectivity index (χ3v) is 5.07. The predicted octanol–water partition coefficient (Wildman–Crippen LogP) is -1.14. The van der Waals surface area contributed by atoms with E-state index in [-0.39, 0.29) is 12.8 Å². The van der Waals surface area contributed by atoms with Gasteiger partial charge >= 0.3 is 5.97 Å². The number of aliphatic carboxylic acids is 1. The topological polar surface area (TPSA) is 171 Å². The van der Waals surface area contributed by atoms with Crippen molar-refractivity contribution in [2.45, 2.75) is 43.9 Å². The fraction of sp³-hybridized carbons (Fsp3) is 0.500. The van der Waals surface area contributed by atoms with Crippen molar-refractivity contribution in [3.63, 3.8) is 0 Å². The molecule has 1 aromatic rings. The molecule has 0 fully saturated rings. The highest BCUT2D eigenvalue weighted by atomic mass is 32.2. The summed E-state index contributed by atoms with van der Waals surface area (Å²) in [5, 5.41) is 25.6. The number of carboxylic acid groups (broad SMARTS) is 1. The standard InChI is InChI=1S/C20H30N4O6S/c1-12(20(29)30)22-19(28)16(10-13-6-4-3-5-7-13)24-18(27)15(8-9-31-2)23-17(26)14(21)11-25/h3-7,12,14-16,25H,8-11,21H2,1-2H3,(H,22,28)(H,23,26)(H,24,27)(H,29,30). The maximum Gasteiger partial charge on any atom is 0.325 e. The molecule has 4 unspecified atom stereocenters. The Morgan fingerprint density at radius 1 is 1.00 bits per heavy atom. The number of hydrogen-bond donors (Lipinski definition) is 6. The van der Waals surface area contributed by atoms with Gasteiger partial charge in [0.25, 0.3) is 0 Å². The predicted molar refractivity (Wildman–Crippen MR) is 117 cm³/mol. The van der Waals surface area contributed by atoms with Gasteiger partial charge in [-0.3, -0.25) is 19.2 Å². The van der Waals surface area contributed by atoms with Crippen LogP contribution in [0.2, 0.25) is 0 Å². The van der Waals surface area contributed by atoms with Crippen LogP contribution in [0.1, 0.15) is 18.9 Å². The molecule has 11 heteroatoms. The van der Waals surface area contributed by atoms with E-state index < -0.39 is 54.5 Å². The molecule has 10 nitrogen and oxygen atoms in total. The lowest BCUT2D eigenvalue weighted by atomic mass is 10.0. The number of amides is 3. The number of benzene rings is 1. The maximum atomic E-state index is 12.9. The summed E-state index contributed by atoms with van der Waals surface area (Å²) in [6.07, 6.45) is 2.25. The van der Waals surface area contributed by atoms with Gasteiger partial charge in [0.2, 0.25) is 17.7 Å². The third-order valence-electron chi connectivity index (χ3n) is 4.42. The van der Waals surface area contributed by atoms with Crippen LogP contribution >= 0.6 is 11.8 Å². The fourth-order valence-corrected chi connectivity index (χ4v) is 3.04. The zero-order valence-electron chi connectivity index (χ0n) is 17.5. The van der Waals surface area contributed by atoms with Gasteiger partial charge in [0.15, 0.2) is 0 Å². The van der Waals surface area contributed by atoms with Crippen LogP contribution in [0.3, 0.4) is 0 Å². The number of nitrogens with two attached hydrogens (primary N) is 1. The minimum absolute atomic E-state index is 0.129. The minimum Gasteiger partial charge on any atom is -0.480 e. The monoisotopic (exact) mass is 454 g/mol. The van der Waals surface area contributed by atoms with Crippen molar-refractivity contribution in [3.05, 3.63) is 35.9 Å². The number of hydrogen-bond acceptors (Lipinski definition) is 7. The van der Waals surface area contributed by atoms with Gasteiger partial charge in [-0.1, -0.05) is 30.3 Å². The van der Waals surface area contributed by atoms with Crippen molar-refractivity contribution in [3.8, 4) is 0 Å². The SMILES string of the molecule is CSCCC(NC(=O)C(N)CO)C(=O)NC(Cc1ccccc1)C(=O)NC(C)C(=O)O.